The highest BCUT2D eigenvalue weighted by Gasteiger charge is 2.23. The van der Waals surface area contributed by atoms with Crippen LogP contribution in [0, 0.1) is 6.92 Å². The van der Waals surface area contributed by atoms with E-state index in [4.69, 9.17) is 5.73 Å². The minimum Gasteiger partial charge on any atom is -0.369 e. The van der Waals surface area contributed by atoms with Gasteiger partial charge in [0.05, 0.1) is 0 Å². The summed E-state index contributed by atoms with van der Waals surface area (Å²) in [7, 11) is 0. The number of nitrogens with two attached hydrogens (primary N) is 1. The first-order valence-electron chi connectivity index (χ1n) is 5.48. The van der Waals surface area contributed by atoms with Gasteiger partial charge in [0.25, 0.3) is 0 Å². The number of carbonyl (C=O) groups excluding carboxylic acids is 1. The molecule has 0 unspecified atom stereocenters. The molecule has 6 nitrogen and oxygen atoms in total. The molecule has 0 spiro atoms. The quantitative estimate of drug-likeness (QED) is 0.521. The number of hydrogen-bond donors (Lipinski definition) is 3. The lowest BCUT2D eigenvalue weighted by Gasteiger charge is -2.05. The lowest BCUT2D eigenvalue weighted by Crippen LogP contribution is -2.44. The van der Waals surface area contributed by atoms with E-state index >= 15 is 0 Å². The number of carbonyl (C=O) groups is 1. The third-order valence-electron chi connectivity index (χ3n) is 2.36. The Morgan fingerprint density at radius 1 is 1.59 bits per heavy atom. The minimum absolute atomic E-state index is 0.0463. The summed E-state index contributed by atoms with van der Waals surface area (Å²) in [6, 6.07) is 3.67. The van der Waals surface area contributed by atoms with E-state index in [2.05, 4.69) is 20.6 Å². The zero-order valence-electron chi connectivity index (χ0n) is 9.60. The number of rotatable bonds is 2. The van der Waals surface area contributed by atoms with Crippen LogP contribution in [0.25, 0.3) is 0 Å². The number of hydrogen-bond acceptors (Lipinski definition) is 3. The van der Waals surface area contributed by atoms with Gasteiger partial charge >= 0.3 is 6.03 Å². The van der Waals surface area contributed by atoms with Crippen molar-refractivity contribution in [2.24, 2.45) is 10.7 Å². The Balaban J connectivity index is 1.96. The molecule has 0 bridgehead atoms. The van der Waals surface area contributed by atoms with Crippen molar-refractivity contribution in [2.75, 3.05) is 0 Å². The summed E-state index contributed by atoms with van der Waals surface area (Å²) in [5, 5.41) is 5.22. The predicted molar refractivity (Wildman–Crippen MR) is 64.9 cm³/mol. The monoisotopic (exact) mass is 233 g/mol. The second-order valence-corrected chi connectivity index (χ2v) is 4.01. The summed E-state index contributed by atoms with van der Waals surface area (Å²) < 4.78 is 0. The van der Waals surface area contributed by atoms with Crippen LogP contribution in [0.15, 0.2) is 23.3 Å². The van der Waals surface area contributed by atoms with Crippen molar-refractivity contribution in [3.63, 3.8) is 0 Å². The summed E-state index contributed by atoms with van der Waals surface area (Å²) in [5.41, 5.74) is 6.51. The number of nitrogens with one attached hydrogen (secondary N) is 2. The van der Waals surface area contributed by atoms with Crippen LogP contribution in [0.3, 0.4) is 0 Å². The molecule has 1 aliphatic rings. The van der Waals surface area contributed by atoms with Gasteiger partial charge in [-0.15, -0.1) is 0 Å². The van der Waals surface area contributed by atoms with Gasteiger partial charge < -0.3 is 11.1 Å². The highest BCUT2D eigenvalue weighted by molar-refractivity contribution is 5.96. The third kappa shape index (κ3) is 3.44. The van der Waals surface area contributed by atoms with Gasteiger partial charge in [-0.25, -0.2) is 9.78 Å². The minimum atomic E-state index is -0.317. The summed E-state index contributed by atoms with van der Waals surface area (Å²) in [6.45, 7) is 1.88. The van der Waals surface area contributed by atoms with E-state index in [1.165, 1.54) is 0 Å². The van der Waals surface area contributed by atoms with E-state index in [1.54, 1.807) is 6.20 Å². The van der Waals surface area contributed by atoms with E-state index in [9.17, 15) is 4.79 Å². The maximum absolute atomic E-state index is 11.4. The third-order valence-corrected chi connectivity index (χ3v) is 2.36. The SMILES string of the molecule is Cc1cccnc1/N=C(\N)NC(=O)NC1CC1. The van der Waals surface area contributed by atoms with Gasteiger partial charge in [0.2, 0.25) is 5.96 Å². The smallest absolute Gasteiger partial charge is 0.321 e. The number of guanidine groups is 1. The van der Waals surface area contributed by atoms with E-state index in [-0.39, 0.29) is 12.0 Å². The second-order valence-electron chi connectivity index (χ2n) is 4.01. The Morgan fingerprint density at radius 3 is 3.00 bits per heavy atom. The van der Waals surface area contributed by atoms with Crippen LogP contribution in [-0.2, 0) is 0 Å². The van der Waals surface area contributed by atoms with Crippen LogP contribution < -0.4 is 16.4 Å². The molecule has 0 radical (unpaired) electrons. The fourth-order valence-electron chi connectivity index (χ4n) is 1.30. The number of nitrogens with zero attached hydrogens (tertiary/aromatic N) is 2. The normalized spacial score (nSPS) is 15.5. The molecule has 1 saturated carbocycles. The molecule has 2 rings (SSSR count). The predicted octanol–water partition coefficient (Wildman–Crippen LogP) is 0.798. The van der Waals surface area contributed by atoms with Gasteiger partial charge in [-0.3, -0.25) is 5.32 Å². The number of pyridine rings is 1. The van der Waals surface area contributed by atoms with Crippen molar-refractivity contribution in [3.8, 4) is 0 Å². The summed E-state index contributed by atoms with van der Waals surface area (Å²) >= 11 is 0. The Hall–Kier alpha value is -2.11. The van der Waals surface area contributed by atoms with Crippen LogP contribution in [0.2, 0.25) is 0 Å². The highest BCUT2D eigenvalue weighted by atomic mass is 16.2. The Kier molecular flexibility index (Phi) is 3.22. The van der Waals surface area contributed by atoms with Gasteiger partial charge in [-0.2, -0.15) is 4.99 Å². The van der Waals surface area contributed by atoms with Crippen LogP contribution in [0.1, 0.15) is 18.4 Å². The molecule has 0 aromatic carbocycles. The Labute approximate surface area is 99.3 Å². The average molecular weight is 233 g/mol. The molecule has 1 heterocycles. The number of amides is 2. The topological polar surface area (TPSA) is 92.4 Å². The van der Waals surface area contributed by atoms with Gasteiger partial charge in [0, 0.05) is 12.2 Å². The molecular formula is C11H15N5O. The average Bonchev–Trinajstić information content (AvgIpc) is 3.05. The number of aromatic nitrogens is 1. The summed E-state index contributed by atoms with van der Waals surface area (Å²) in [5.74, 6) is 0.557. The van der Waals surface area contributed by atoms with Gasteiger partial charge in [-0.1, -0.05) is 6.07 Å². The van der Waals surface area contributed by atoms with E-state index < -0.39 is 0 Å². The maximum atomic E-state index is 11.4. The van der Waals surface area contributed by atoms with Crippen molar-refractivity contribution in [1.29, 1.82) is 0 Å². The first-order valence-corrected chi connectivity index (χ1v) is 5.48. The molecule has 0 aliphatic heterocycles. The zero-order valence-corrected chi connectivity index (χ0v) is 9.60. The highest BCUT2D eigenvalue weighted by Crippen LogP contribution is 2.18. The molecule has 0 atom stereocenters. The number of aliphatic imine (C=N–C) groups is 1. The largest absolute Gasteiger partial charge is 0.369 e. The molecule has 90 valence electrons. The zero-order chi connectivity index (χ0) is 12.3. The Morgan fingerprint density at radius 2 is 2.35 bits per heavy atom. The van der Waals surface area contributed by atoms with Crippen molar-refractivity contribution < 1.29 is 4.79 Å². The first-order chi connectivity index (χ1) is 8.15. The molecule has 1 aromatic heterocycles. The molecule has 0 saturated heterocycles. The van der Waals surface area contributed by atoms with E-state index in [1.807, 2.05) is 19.1 Å². The molecule has 1 aromatic rings. The van der Waals surface area contributed by atoms with E-state index in [0.29, 0.717) is 11.9 Å². The Bertz CT molecular complexity index is 453. The van der Waals surface area contributed by atoms with Crippen LogP contribution in [0.4, 0.5) is 10.6 Å². The molecule has 4 N–H and O–H groups in total. The van der Waals surface area contributed by atoms with Crippen molar-refractivity contribution in [1.82, 2.24) is 15.6 Å². The molecule has 1 fully saturated rings. The molecule has 17 heavy (non-hydrogen) atoms. The molecular weight excluding hydrogens is 218 g/mol. The van der Waals surface area contributed by atoms with Gasteiger partial charge in [-0.05, 0) is 31.4 Å². The second kappa shape index (κ2) is 4.82. The van der Waals surface area contributed by atoms with Crippen molar-refractivity contribution in [2.45, 2.75) is 25.8 Å². The molecule has 2 amide bonds. The first kappa shape index (κ1) is 11.4. The lowest BCUT2D eigenvalue weighted by atomic mass is 10.3. The van der Waals surface area contributed by atoms with Gasteiger partial charge in [0.1, 0.15) is 0 Å². The molecule has 6 heteroatoms. The lowest BCUT2D eigenvalue weighted by molar-refractivity contribution is 0.245. The fraction of sp³-hybridized carbons (Fsp3) is 0.364. The van der Waals surface area contributed by atoms with Gasteiger partial charge in [0.15, 0.2) is 5.82 Å². The summed E-state index contributed by atoms with van der Waals surface area (Å²) in [6.07, 6.45) is 3.69. The van der Waals surface area contributed by atoms with Crippen molar-refractivity contribution in [3.05, 3.63) is 23.9 Å². The van der Waals surface area contributed by atoms with Crippen LogP contribution in [-0.4, -0.2) is 23.0 Å². The fourth-order valence-corrected chi connectivity index (χ4v) is 1.30. The van der Waals surface area contributed by atoms with E-state index in [0.717, 1.165) is 18.4 Å². The standard InChI is InChI=1S/C11H15N5O/c1-7-3-2-6-13-9(7)15-10(12)16-11(17)14-8-4-5-8/h2-3,6,8H,4-5H2,1H3,(H4,12,13,14,15,16,17). The van der Waals surface area contributed by atoms with Crippen molar-refractivity contribution >= 4 is 17.8 Å². The van der Waals surface area contributed by atoms with Crippen LogP contribution >= 0.6 is 0 Å². The van der Waals surface area contributed by atoms with Crippen LogP contribution in [0.5, 0.6) is 0 Å². The number of aryl methyl sites for hydroxylation is 1. The summed E-state index contributed by atoms with van der Waals surface area (Å²) in [4.78, 5) is 19.5. The maximum Gasteiger partial charge on any atom is 0.321 e. The number of urea groups is 1. The molecule has 1 aliphatic carbocycles.